The van der Waals surface area contributed by atoms with Gasteiger partial charge in [-0.2, -0.15) is 0 Å². The zero-order chi connectivity index (χ0) is 15.9. The van der Waals surface area contributed by atoms with E-state index in [0.717, 1.165) is 6.54 Å². The summed E-state index contributed by atoms with van der Waals surface area (Å²) in [5.74, 6) is 0.913. The maximum atomic E-state index is 11.9. The Labute approximate surface area is 140 Å². The van der Waals surface area contributed by atoms with E-state index >= 15 is 0 Å². The molecule has 0 radical (unpaired) electrons. The summed E-state index contributed by atoms with van der Waals surface area (Å²) in [5, 5.41) is 6.54. The van der Waals surface area contributed by atoms with Crippen molar-refractivity contribution in [3.05, 3.63) is 33.8 Å². The number of halogens is 2. The average molecular weight is 343 g/mol. The van der Waals surface area contributed by atoms with Crippen molar-refractivity contribution in [3.63, 3.8) is 0 Å². The number of nitrogens with one attached hydrogen (secondary N) is 2. The van der Waals surface area contributed by atoms with Gasteiger partial charge >= 0.3 is 0 Å². The van der Waals surface area contributed by atoms with Gasteiger partial charge in [0.1, 0.15) is 0 Å². The third-order valence-electron chi connectivity index (χ3n) is 3.64. The maximum absolute atomic E-state index is 11.9. The number of carbonyl (C=O) groups is 1. The van der Waals surface area contributed by atoms with Gasteiger partial charge in [0.25, 0.3) is 5.91 Å². The minimum atomic E-state index is -0.203. The minimum Gasteiger partial charge on any atom is -0.370 e. The molecular weight excluding hydrogens is 323 g/mol. The highest BCUT2D eigenvalue weighted by Gasteiger charge is 2.16. The van der Waals surface area contributed by atoms with E-state index in [1.807, 2.05) is 0 Å². The Morgan fingerprint density at radius 1 is 1.23 bits per heavy atom. The van der Waals surface area contributed by atoms with Crippen molar-refractivity contribution >= 4 is 35.1 Å². The summed E-state index contributed by atoms with van der Waals surface area (Å²) in [6, 6.07) is 4.77. The topological polar surface area (TPSA) is 79.5 Å². The van der Waals surface area contributed by atoms with Crippen molar-refractivity contribution in [3.8, 4) is 0 Å². The van der Waals surface area contributed by atoms with Crippen LogP contribution in [0.2, 0.25) is 10.0 Å². The normalized spacial score (nSPS) is 15.3. The number of guanidine groups is 1. The van der Waals surface area contributed by atoms with E-state index in [1.165, 1.54) is 19.3 Å². The van der Waals surface area contributed by atoms with Crippen LogP contribution in [-0.2, 0) is 0 Å². The fourth-order valence-electron chi connectivity index (χ4n) is 2.06. The van der Waals surface area contributed by atoms with E-state index in [2.05, 4.69) is 15.6 Å². The van der Waals surface area contributed by atoms with Crippen molar-refractivity contribution in [2.75, 3.05) is 19.6 Å². The van der Waals surface area contributed by atoms with Gasteiger partial charge < -0.3 is 16.4 Å². The van der Waals surface area contributed by atoms with Crippen LogP contribution in [-0.4, -0.2) is 31.5 Å². The summed E-state index contributed by atoms with van der Waals surface area (Å²) in [4.78, 5) is 16.2. The fraction of sp³-hybridized carbons (Fsp3) is 0.467. The van der Waals surface area contributed by atoms with Gasteiger partial charge in [0.2, 0.25) is 0 Å². The summed E-state index contributed by atoms with van der Waals surface area (Å²) < 4.78 is 0. The molecule has 0 spiro atoms. The van der Waals surface area contributed by atoms with Crippen molar-refractivity contribution < 1.29 is 4.79 Å². The van der Waals surface area contributed by atoms with Crippen LogP contribution in [0, 0.1) is 5.92 Å². The zero-order valence-electron chi connectivity index (χ0n) is 12.2. The molecule has 1 aromatic rings. The van der Waals surface area contributed by atoms with Crippen molar-refractivity contribution in [2.24, 2.45) is 16.6 Å². The number of nitrogens with zero attached hydrogens (tertiary/aromatic N) is 1. The molecule has 1 aliphatic rings. The second kappa shape index (κ2) is 8.25. The molecule has 0 aliphatic heterocycles. The lowest BCUT2D eigenvalue weighted by Gasteiger charge is -2.23. The first-order chi connectivity index (χ1) is 10.6. The van der Waals surface area contributed by atoms with Gasteiger partial charge in [-0.1, -0.05) is 29.6 Å². The van der Waals surface area contributed by atoms with Gasteiger partial charge in [-0.25, -0.2) is 0 Å². The molecule has 0 saturated heterocycles. The molecule has 2 rings (SSSR count). The second-order valence-electron chi connectivity index (χ2n) is 5.33. The molecular formula is C15H20Cl2N4O. The summed E-state index contributed by atoms with van der Waals surface area (Å²) in [6.07, 6.45) is 3.79. The molecule has 0 aromatic heterocycles. The van der Waals surface area contributed by atoms with Crippen LogP contribution in [0.3, 0.4) is 0 Å². The minimum absolute atomic E-state index is 0.203. The summed E-state index contributed by atoms with van der Waals surface area (Å²) in [5.41, 5.74) is 6.23. The highest BCUT2D eigenvalue weighted by atomic mass is 35.5. The predicted molar refractivity (Wildman–Crippen MR) is 90.6 cm³/mol. The lowest BCUT2D eigenvalue weighted by molar-refractivity contribution is 0.0954. The van der Waals surface area contributed by atoms with Gasteiger partial charge in [0.15, 0.2) is 5.96 Å². The molecule has 1 saturated carbocycles. The highest BCUT2D eigenvalue weighted by Crippen LogP contribution is 2.26. The largest absolute Gasteiger partial charge is 0.370 e. The maximum Gasteiger partial charge on any atom is 0.251 e. The number of hydrogen-bond donors (Lipinski definition) is 3. The molecule has 0 heterocycles. The zero-order valence-corrected chi connectivity index (χ0v) is 13.8. The lowest BCUT2D eigenvalue weighted by Crippen LogP contribution is -2.38. The molecule has 1 aromatic carbocycles. The SMILES string of the molecule is NC(=NCC1CCC1)NCCNC(=O)c1ccc(Cl)c(Cl)c1. The number of carbonyl (C=O) groups excluding carboxylic acids is 1. The van der Waals surface area contributed by atoms with Crippen molar-refractivity contribution in [1.29, 1.82) is 0 Å². The van der Waals surface area contributed by atoms with Crippen LogP contribution in [0.1, 0.15) is 29.6 Å². The molecule has 120 valence electrons. The van der Waals surface area contributed by atoms with Gasteiger partial charge in [0.05, 0.1) is 10.0 Å². The van der Waals surface area contributed by atoms with Crippen LogP contribution in [0.5, 0.6) is 0 Å². The van der Waals surface area contributed by atoms with Gasteiger partial charge in [-0.3, -0.25) is 9.79 Å². The average Bonchev–Trinajstić information content (AvgIpc) is 2.44. The van der Waals surface area contributed by atoms with E-state index in [4.69, 9.17) is 28.9 Å². The molecule has 1 fully saturated rings. The highest BCUT2D eigenvalue weighted by molar-refractivity contribution is 6.42. The number of hydrogen-bond acceptors (Lipinski definition) is 2. The van der Waals surface area contributed by atoms with Crippen LogP contribution in [0.4, 0.5) is 0 Å². The Morgan fingerprint density at radius 2 is 1.95 bits per heavy atom. The standard InChI is InChI=1S/C15H20Cl2N4O/c16-12-5-4-11(8-13(12)17)14(22)19-6-7-20-15(18)21-9-10-2-1-3-10/h4-5,8,10H,1-3,6-7,9H2,(H,19,22)(H3,18,20,21). The Kier molecular flexibility index (Phi) is 6.34. The summed E-state index contributed by atoms with van der Waals surface area (Å²) in [7, 11) is 0. The first-order valence-electron chi connectivity index (χ1n) is 7.33. The third-order valence-corrected chi connectivity index (χ3v) is 4.38. The van der Waals surface area contributed by atoms with Gasteiger partial charge in [-0.15, -0.1) is 0 Å². The van der Waals surface area contributed by atoms with Crippen LogP contribution in [0.15, 0.2) is 23.2 Å². The quantitative estimate of drug-likeness (QED) is 0.422. The number of amides is 1. The predicted octanol–water partition coefficient (Wildman–Crippen LogP) is 2.43. The van der Waals surface area contributed by atoms with E-state index in [0.29, 0.717) is 40.6 Å². The Hall–Kier alpha value is -1.46. The Bertz CT molecular complexity index is 558. The molecule has 0 atom stereocenters. The first kappa shape index (κ1) is 16.9. The monoisotopic (exact) mass is 342 g/mol. The lowest BCUT2D eigenvalue weighted by atomic mass is 9.86. The van der Waals surface area contributed by atoms with Crippen molar-refractivity contribution in [2.45, 2.75) is 19.3 Å². The van der Waals surface area contributed by atoms with Crippen LogP contribution >= 0.6 is 23.2 Å². The molecule has 22 heavy (non-hydrogen) atoms. The molecule has 1 aliphatic carbocycles. The number of nitrogens with two attached hydrogens (primary N) is 1. The molecule has 4 N–H and O–H groups in total. The fourth-order valence-corrected chi connectivity index (χ4v) is 2.36. The number of benzene rings is 1. The second-order valence-corrected chi connectivity index (χ2v) is 6.15. The smallest absolute Gasteiger partial charge is 0.251 e. The van der Waals surface area contributed by atoms with Gasteiger partial charge in [0, 0.05) is 25.2 Å². The van der Waals surface area contributed by atoms with Crippen LogP contribution < -0.4 is 16.4 Å². The molecule has 0 unspecified atom stereocenters. The van der Waals surface area contributed by atoms with E-state index in [1.54, 1.807) is 18.2 Å². The van der Waals surface area contributed by atoms with Gasteiger partial charge in [-0.05, 0) is 37.0 Å². The van der Waals surface area contributed by atoms with E-state index < -0.39 is 0 Å². The van der Waals surface area contributed by atoms with Crippen molar-refractivity contribution in [1.82, 2.24) is 10.6 Å². The Balaban J connectivity index is 1.66. The molecule has 7 heteroatoms. The third kappa shape index (κ3) is 5.07. The molecule has 0 bridgehead atoms. The number of aliphatic imine (C=N–C) groups is 1. The number of rotatable bonds is 6. The first-order valence-corrected chi connectivity index (χ1v) is 8.09. The Morgan fingerprint density at radius 3 is 2.59 bits per heavy atom. The molecule has 5 nitrogen and oxygen atoms in total. The molecule has 1 amide bonds. The summed E-state index contributed by atoms with van der Waals surface area (Å²) in [6.45, 7) is 1.75. The summed E-state index contributed by atoms with van der Waals surface area (Å²) >= 11 is 11.7. The van der Waals surface area contributed by atoms with E-state index in [9.17, 15) is 4.79 Å². The van der Waals surface area contributed by atoms with E-state index in [-0.39, 0.29) is 5.91 Å². The van der Waals surface area contributed by atoms with Crippen LogP contribution in [0.25, 0.3) is 0 Å².